The van der Waals surface area contributed by atoms with Gasteiger partial charge in [0.15, 0.2) is 0 Å². The summed E-state index contributed by atoms with van der Waals surface area (Å²) in [5.74, 6) is 0.148. The van der Waals surface area contributed by atoms with Crippen molar-refractivity contribution in [2.24, 2.45) is 0 Å². The maximum atomic E-state index is 9.07. The Morgan fingerprint density at radius 3 is 2.64 bits per heavy atom. The normalized spacial score (nSPS) is 9.64. The molecule has 3 nitrogen and oxygen atoms in total. The molecule has 1 aromatic rings. The van der Waals surface area contributed by atoms with Crippen molar-refractivity contribution in [2.75, 3.05) is 12.5 Å². The Labute approximate surface area is 70.0 Å². The van der Waals surface area contributed by atoms with Gasteiger partial charge in [0.25, 0.3) is 0 Å². The summed E-state index contributed by atoms with van der Waals surface area (Å²) >= 11 is 5.66. The fourth-order valence-corrected chi connectivity index (χ4v) is 1.02. The first kappa shape index (κ1) is 8.17. The highest BCUT2D eigenvalue weighted by Gasteiger charge is 1.95. The monoisotopic (exact) mass is 172 g/mol. The molecule has 0 atom stereocenters. The zero-order valence-corrected chi connectivity index (χ0v) is 6.81. The molecule has 0 spiro atoms. The third-order valence-electron chi connectivity index (χ3n) is 1.15. The Morgan fingerprint density at radius 1 is 1.36 bits per heavy atom. The summed E-state index contributed by atoms with van der Waals surface area (Å²) in [6.45, 7) is 0. The highest BCUT2D eigenvalue weighted by molar-refractivity contribution is 6.31. The van der Waals surface area contributed by atoms with Crippen LogP contribution < -0.4 is 10.9 Å². The van der Waals surface area contributed by atoms with E-state index in [0.717, 1.165) is 5.69 Å². The minimum atomic E-state index is 0.148. The van der Waals surface area contributed by atoms with Gasteiger partial charge in [0.2, 0.25) is 0 Å². The topological polar surface area (TPSA) is 44.3 Å². The third-order valence-corrected chi connectivity index (χ3v) is 1.37. The second-order valence-corrected chi connectivity index (χ2v) is 2.51. The Hall–Kier alpha value is -0.930. The number of benzene rings is 1. The molecule has 60 valence electrons. The maximum Gasteiger partial charge on any atom is 0.119 e. The molecule has 0 unspecified atom stereocenters. The lowest BCUT2D eigenvalue weighted by Gasteiger charge is -2.04. The van der Waals surface area contributed by atoms with E-state index in [1.807, 2.05) is 0 Å². The second-order valence-electron chi connectivity index (χ2n) is 2.07. The predicted octanol–water partition coefficient (Wildman–Crippen LogP) is 1.59. The number of aromatic hydroxyl groups is 1. The number of nitrogens with one attached hydrogen (secondary N) is 2. The predicted molar refractivity (Wildman–Crippen MR) is 45.8 cm³/mol. The Morgan fingerprint density at radius 2 is 2.09 bits per heavy atom. The molecule has 11 heavy (non-hydrogen) atoms. The van der Waals surface area contributed by atoms with Crippen LogP contribution in [0.4, 0.5) is 5.69 Å². The SMILES string of the molecule is CNNc1cc(O)cc(Cl)c1. The highest BCUT2D eigenvalue weighted by atomic mass is 35.5. The summed E-state index contributed by atoms with van der Waals surface area (Å²) in [5, 5.41) is 9.57. The number of hydrogen-bond donors (Lipinski definition) is 3. The van der Waals surface area contributed by atoms with Crippen molar-refractivity contribution in [1.29, 1.82) is 0 Å². The molecule has 0 aliphatic heterocycles. The molecule has 1 rings (SSSR count). The summed E-state index contributed by atoms with van der Waals surface area (Å²) in [5.41, 5.74) is 6.25. The van der Waals surface area contributed by atoms with E-state index in [0.29, 0.717) is 5.02 Å². The van der Waals surface area contributed by atoms with E-state index < -0.39 is 0 Å². The second kappa shape index (κ2) is 3.46. The van der Waals surface area contributed by atoms with Crippen LogP contribution in [0.3, 0.4) is 0 Å². The molecule has 0 fully saturated rings. The lowest BCUT2D eigenvalue weighted by molar-refractivity contribution is 0.475. The fourth-order valence-electron chi connectivity index (χ4n) is 0.791. The number of phenols is 1. The average Bonchev–Trinajstić information content (AvgIpc) is 1.85. The molecule has 0 saturated carbocycles. The van der Waals surface area contributed by atoms with E-state index in [9.17, 15) is 0 Å². The van der Waals surface area contributed by atoms with Crippen LogP contribution >= 0.6 is 11.6 Å². The van der Waals surface area contributed by atoms with Crippen LogP contribution in [-0.2, 0) is 0 Å². The van der Waals surface area contributed by atoms with E-state index in [1.54, 1.807) is 19.2 Å². The molecule has 4 heteroatoms. The Kier molecular flexibility index (Phi) is 2.57. The highest BCUT2D eigenvalue weighted by Crippen LogP contribution is 2.22. The van der Waals surface area contributed by atoms with Crippen LogP contribution in [0.15, 0.2) is 18.2 Å². The molecule has 0 radical (unpaired) electrons. The lowest BCUT2D eigenvalue weighted by atomic mass is 10.3. The number of hydrogen-bond acceptors (Lipinski definition) is 3. The van der Waals surface area contributed by atoms with Crippen molar-refractivity contribution in [2.45, 2.75) is 0 Å². The van der Waals surface area contributed by atoms with Crippen LogP contribution in [0.2, 0.25) is 5.02 Å². The molecule has 0 saturated heterocycles. The standard InChI is InChI=1S/C7H9ClN2O/c1-9-10-6-2-5(8)3-7(11)4-6/h2-4,9-11H,1H3. The van der Waals surface area contributed by atoms with Crippen LogP contribution in [0.5, 0.6) is 5.75 Å². The zero-order chi connectivity index (χ0) is 8.27. The first-order valence-corrected chi connectivity index (χ1v) is 3.52. The van der Waals surface area contributed by atoms with E-state index in [1.165, 1.54) is 6.07 Å². The third kappa shape index (κ3) is 2.29. The molecule has 0 heterocycles. The van der Waals surface area contributed by atoms with Gasteiger partial charge in [-0.2, -0.15) is 0 Å². The Bertz CT molecular complexity index is 232. The lowest BCUT2D eigenvalue weighted by Crippen LogP contribution is -2.14. The van der Waals surface area contributed by atoms with E-state index >= 15 is 0 Å². The number of anilines is 1. The van der Waals surface area contributed by atoms with Gasteiger partial charge in [-0.1, -0.05) is 11.6 Å². The van der Waals surface area contributed by atoms with Crippen molar-refractivity contribution >= 4 is 17.3 Å². The number of rotatable bonds is 2. The molecule has 0 aromatic heterocycles. The quantitative estimate of drug-likeness (QED) is 0.594. The molecule has 1 aromatic carbocycles. The van der Waals surface area contributed by atoms with Crippen molar-refractivity contribution in [3.63, 3.8) is 0 Å². The summed E-state index contributed by atoms with van der Waals surface area (Å²) in [4.78, 5) is 0. The van der Waals surface area contributed by atoms with Gasteiger partial charge in [-0.05, 0) is 12.1 Å². The maximum absolute atomic E-state index is 9.07. The summed E-state index contributed by atoms with van der Waals surface area (Å²) in [7, 11) is 1.73. The van der Waals surface area contributed by atoms with E-state index in [2.05, 4.69) is 10.9 Å². The van der Waals surface area contributed by atoms with Crippen LogP contribution in [-0.4, -0.2) is 12.2 Å². The van der Waals surface area contributed by atoms with Gasteiger partial charge in [-0.25, -0.2) is 5.43 Å². The molecule has 0 aliphatic carbocycles. The fraction of sp³-hybridized carbons (Fsp3) is 0.143. The van der Waals surface area contributed by atoms with Gasteiger partial charge in [-0.3, -0.25) is 0 Å². The van der Waals surface area contributed by atoms with Gasteiger partial charge in [0, 0.05) is 18.1 Å². The van der Waals surface area contributed by atoms with E-state index in [4.69, 9.17) is 16.7 Å². The molecule has 0 bridgehead atoms. The molecular weight excluding hydrogens is 164 g/mol. The zero-order valence-electron chi connectivity index (χ0n) is 6.06. The van der Waals surface area contributed by atoms with Crippen molar-refractivity contribution in [3.05, 3.63) is 23.2 Å². The summed E-state index contributed by atoms with van der Waals surface area (Å²) in [6.07, 6.45) is 0. The molecular formula is C7H9ClN2O. The van der Waals surface area contributed by atoms with Gasteiger partial charge in [0.1, 0.15) is 5.75 Å². The minimum Gasteiger partial charge on any atom is -0.508 e. The van der Waals surface area contributed by atoms with Crippen LogP contribution in [0.25, 0.3) is 0 Å². The molecule has 0 amide bonds. The van der Waals surface area contributed by atoms with Crippen molar-refractivity contribution in [3.8, 4) is 5.75 Å². The van der Waals surface area contributed by atoms with Gasteiger partial charge in [-0.15, -0.1) is 0 Å². The van der Waals surface area contributed by atoms with Crippen LogP contribution in [0.1, 0.15) is 0 Å². The summed E-state index contributed by atoms with van der Waals surface area (Å²) < 4.78 is 0. The first-order chi connectivity index (χ1) is 5.22. The van der Waals surface area contributed by atoms with Crippen LogP contribution in [0, 0.1) is 0 Å². The van der Waals surface area contributed by atoms with Gasteiger partial charge in [0.05, 0.1) is 5.69 Å². The van der Waals surface area contributed by atoms with Crippen molar-refractivity contribution in [1.82, 2.24) is 5.43 Å². The smallest absolute Gasteiger partial charge is 0.119 e. The number of phenolic OH excluding ortho intramolecular Hbond substituents is 1. The Balaban J connectivity index is 2.89. The molecule has 3 N–H and O–H groups in total. The number of hydrazine groups is 1. The van der Waals surface area contributed by atoms with Gasteiger partial charge < -0.3 is 10.5 Å². The average molecular weight is 173 g/mol. The summed E-state index contributed by atoms with van der Waals surface area (Å²) in [6, 6.07) is 4.75. The van der Waals surface area contributed by atoms with Gasteiger partial charge >= 0.3 is 0 Å². The first-order valence-electron chi connectivity index (χ1n) is 3.14. The molecule has 0 aliphatic rings. The van der Waals surface area contributed by atoms with Crippen molar-refractivity contribution < 1.29 is 5.11 Å². The largest absolute Gasteiger partial charge is 0.508 e. The number of halogens is 1. The van der Waals surface area contributed by atoms with E-state index in [-0.39, 0.29) is 5.75 Å². The minimum absolute atomic E-state index is 0.148.